The molecule has 0 aromatic rings. The average Bonchev–Trinajstić information content (AvgIpc) is 2.57. The van der Waals surface area contributed by atoms with Crippen LogP contribution in [0.2, 0.25) is 0 Å². The van der Waals surface area contributed by atoms with Crippen LogP contribution in [0.4, 0.5) is 0 Å². The molecule has 1 saturated heterocycles. The van der Waals surface area contributed by atoms with Crippen molar-refractivity contribution in [3.05, 3.63) is 0 Å². The van der Waals surface area contributed by atoms with E-state index in [4.69, 9.17) is 5.26 Å². The third-order valence-electron chi connectivity index (χ3n) is 3.70. The summed E-state index contributed by atoms with van der Waals surface area (Å²) in [5.74, 6) is 1.10. The number of carbonyl (C=O) groups excluding carboxylic acids is 1. The maximum atomic E-state index is 12.1. The first-order valence-corrected chi connectivity index (χ1v) is 5.65. The molecule has 1 rings (SSSR count). The third-order valence-corrected chi connectivity index (χ3v) is 3.70. The first-order valence-electron chi connectivity index (χ1n) is 5.65. The molecule has 0 N–H and O–H groups in total. The molecule has 1 aliphatic heterocycles. The minimum atomic E-state index is -0.830. The zero-order valence-electron chi connectivity index (χ0n) is 10.1. The number of likely N-dealkylation sites (tertiary alicyclic amines) is 1. The Kier molecular flexibility index (Phi) is 3.38. The molecule has 0 radical (unpaired) electrons. The van der Waals surface area contributed by atoms with E-state index in [-0.39, 0.29) is 5.91 Å². The minimum Gasteiger partial charge on any atom is -0.341 e. The monoisotopic (exact) mass is 208 g/mol. The molecular weight excluding hydrogens is 188 g/mol. The zero-order valence-corrected chi connectivity index (χ0v) is 10.1. The summed E-state index contributed by atoms with van der Waals surface area (Å²) in [5.41, 5.74) is -0.830. The summed E-state index contributed by atoms with van der Waals surface area (Å²) in [5, 5.41) is 9.05. The second-order valence-corrected chi connectivity index (χ2v) is 4.96. The van der Waals surface area contributed by atoms with Crippen LogP contribution in [0.5, 0.6) is 0 Å². The third kappa shape index (κ3) is 2.14. The fourth-order valence-electron chi connectivity index (χ4n) is 1.92. The first-order chi connectivity index (χ1) is 6.94. The normalized spacial score (nSPS) is 29.7. The van der Waals surface area contributed by atoms with Crippen LogP contribution in [0.25, 0.3) is 0 Å². The van der Waals surface area contributed by atoms with Gasteiger partial charge in [-0.05, 0) is 25.2 Å². The molecule has 3 nitrogen and oxygen atoms in total. The fourth-order valence-corrected chi connectivity index (χ4v) is 1.92. The Bertz CT molecular complexity index is 284. The van der Waals surface area contributed by atoms with Gasteiger partial charge in [-0.25, -0.2) is 0 Å². The molecule has 0 aromatic heterocycles. The van der Waals surface area contributed by atoms with Crippen molar-refractivity contribution in [3.63, 3.8) is 0 Å². The Morgan fingerprint density at radius 2 is 1.93 bits per heavy atom. The van der Waals surface area contributed by atoms with E-state index in [2.05, 4.69) is 19.9 Å². The van der Waals surface area contributed by atoms with Crippen molar-refractivity contribution in [3.8, 4) is 6.07 Å². The second-order valence-electron chi connectivity index (χ2n) is 4.96. The first kappa shape index (κ1) is 12.0. The molecule has 0 aliphatic carbocycles. The van der Waals surface area contributed by atoms with Crippen LogP contribution >= 0.6 is 0 Å². The topological polar surface area (TPSA) is 44.1 Å². The van der Waals surface area contributed by atoms with E-state index < -0.39 is 5.41 Å². The molecule has 0 spiro atoms. The lowest BCUT2D eigenvalue weighted by Crippen LogP contribution is -2.40. The Hall–Kier alpha value is -1.04. The summed E-state index contributed by atoms with van der Waals surface area (Å²) in [7, 11) is 0. The van der Waals surface area contributed by atoms with Gasteiger partial charge in [-0.15, -0.1) is 0 Å². The smallest absolute Gasteiger partial charge is 0.242 e. The number of hydrogen-bond donors (Lipinski definition) is 0. The SMILES string of the molecule is CCC(C)(C#N)C(=O)N1CC(C)C(C)C1. The molecule has 1 fully saturated rings. The standard InChI is InChI=1S/C12H20N2O/c1-5-12(4,8-13)11(15)14-6-9(2)10(3)7-14/h9-10H,5-7H2,1-4H3. The summed E-state index contributed by atoms with van der Waals surface area (Å²) in [6.07, 6.45) is 0.585. The fraction of sp³-hybridized carbons (Fsp3) is 0.833. The molecular formula is C12H20N2O. The van der Waals surface area contributed by atoms with Crippen molar-refractivity contribution >= 4 is 5.91 Å². The molecule has 3 atom stereocenters. The van der Waals surface area contributed by atoms with Crippen LogP contribution in [0.1, 0.15) is 34.1 Å². The summed E-state index contributed by atoms with van der Waals surface area (Å²) < 4.78 is 0. The van der Waals surface area contributed by atoms with Crippen molar-refractivity contribution in [2.24, 2.45) is 17.3 Å². The van der Waals surface area contributed by atoms with Crippen molar-refractivity contribution in [1.82, 2.24) is 4.90 Å². The van der Waals surface area contributed by atoms with Gasteiger partial charge < -0.3 is 4.90 Å². The molecule has 3 unspecified atom stereocenters. The molecule has 1 aliphatic rings. The quantitative estimate of drug-likeness (QED) is 0.697. The molecule has 15 heavy (non-hydrogen) atoms. The van der Waals surface area contributed by atoms with E-state index >= 15 is 0 Å². The van der Waals surface area contributed by atoms with Crippen LogP contribution in [-0.4, -0.2) is 23.9 Å². The Balaban J connectivity index is 2.75. The summed E-state index contributed by atoms with van der Waals surface area (Å²) in [4.78, 5) is 14.0. The van der Waals surface area contributed by atoms with Gasteiger partial charge in [0.15, 0.2) is 0 Å². The van der Waals surface area contributed by atoms with Gasteiger partial charge in [0.05, 0.1) is 6.07 Å². The largest absolute Gasteiger partial charge is 0.341 e. The summed E-state index contributed by atoms with van der Waals surface area (Å²) in [6.45, 7) is 9.56. The number of nitriles is 1. The second kappa shape index (κ2) is 4.22. The minimum absolute atomic E-state index is 0.00343. The number of hydrogen-bond acceptors (Lipinski definition) is 2. The van der Waals surface area contributed by atoms with E-state index in [0.717, 1.165) is 13.1 Å². The highest BCUT2D eigenvalue weighted by atomic mass is 16.2. The van der Waals surface area contributed by atoms with Crippen LogP contribution in [-0.2, 0) is 4.79 Å². The molecule has 3 heteroatoms. The van der Waals surface area contributed by atoms with Gasteiger partial charge in [0.2, 0.25) is 5.91 Å². The van der Waals surface area contributed by atoms with E-state index in [1.165, 1.54) is 0 Å². The maximum Gasteiger partial charge on any atom is 0.242 e. The lowest BCUT2D eigenvalue weighted by molar-refractivity contribution is -0.137. The van der Waals surface area contributed by atoms with E-state index in [1.54, 1.807) is 6.92 Å². The van der Waals surface area contributed by atoms with Gasteiger partial charge in [0, 0.05) is 13.1 Å². The van der Waals surface area contributed by atoms with E-state index in [0.29, 0.717) is 18.3 Å². The van der Waals surface area contributed by atoms with E-state index in [9.17, 15) is 4.79 Å². The lowest BCUT2D eigenvalue weighted by Gasteiger charge is -2.25. The maximum absolute atomic E-state index is 12.1. The molecule has 0 saturated carbocycles. The summed E-state index contributed by atoms with van der Waals surface area (Å²) in [6, 6.07) is 2.14. The zero-order chi connectivity index (χ0) is 11.6. The Morgan fingerprint density at radius 3 is 2.27 bits per heavy atom. The van der Waals surface area contributed by atoms with Gasteiger partial charge in [0.1, 0.15) is 5.41 Å². The number of nitrogens with zero attached hydrogens (tertiary/aromatic N) is 2. The molecule has 1 heterocycles. The Labute approximate surface area is 92.1 Å². The predicted molar refractivity (Wildman–Crippen MR) is 58.9 cm³/mol. The number of rotatable bonds is 2. The number of carbonyl (C=O) groups is 1. The van der Waals surface area contributed by atoms with Crippen molar-refractivity contribution in [2.75, 3.05) is 13.1 Å². The molecule has 0 bridgehead atoms. The van der Waals surface area contributed by atoms with Crippen molar-refractivity contribution in [1.29, 1.82) is 5.26 Å². The van der Waals surface area contributed by atoms with Crippen LogP contribution in [0.15, 0.2) is 0 Å². The lowest BCUT2D eigenvalue weighted by atomic mass is 9.88. The molecule has 0 aromatic carbocycles. The van der Waals surface area contributed by atoms with E-state index in [1.807, 2.05) is 11.8 Å². The van der Waals surface area contributed by atoms with Gasteiger partial charge in [-0.2, -0.15) is 5.26 Å². The van der Waals surface area contributed by atoms with Gasteiger partial charge in [-0.1, -0.05) is 20.8 Å². The van der Waals surface area contributed by atoms with Crippen molar-refractivity contribution in [2.45, 2.75) is 34.1 Å². The molecule has 84 valence electrons. The highest BCUT2D eigenvalue weighted by Gasteiger charge is 2.39. The average molecular weight is 208 g/mol. The van der Waals surface area contributed by atoms with Crippen LogP contribution in [0.3, 0.4) is 0 Å². The van der Waals surface area contributed by atoms with Gasteiger partial charge in [-0.3, -0.25) is 4.79 Å². The number of amides is 1. The summed E-state index contributed by atoms with van der Waals surface area (Å²) >= 11 is 0. The van der Waals surface area contributed by atoms with Crippen molar-refractivity contribution < 1.29 is 4.79 Å². The van der Waals surface area contributed by atoms with Crippen LogP contribution < -0.4 is 0 Å². The highest BCUT2D eigenvalue weighted by Crippen LogP contribution is 2.29. The molecule has 1 amide bonds. The van der Waals surface area contributed by atoms with Gasteiger partial charge >= 0.3 is 0 Å². The van der Waals surface area contributed by atoms with Crippen LogP contribution in [0, 0.1) is 28.6 Å². The Morgan fingerprint density at radius 1 is 1.47 bits per heavy atom. The van der Waals surface area contributed by atoms with Gasteiger partial charge in [0.25, 0.3) is 0 Å². The predicted octanol–water partition coefficient (Wildman–Crippen LogP) is 2.04. The highest BCUT2D eigenvalue weighted by molar-refractivity contribution is 5.85.